The molecule has 3 rings (SSSR count). The Hall–Kier alpha value is -0.0800. The Morgan fingerprint density at radius 3 is 2.05 bits per heavy atom. The first kappa shape index (κ1) is 14.8. The molecule has 2 saturated carbocycles. The van der Waals surface area contributed by atoms with Gasteiger partial charge in [0.05, 0.1) is 0 Å². The van der Waals surface area contributed by atoms with Crippen LogP contribution in [0.25, 0.3) is 0 Å². The number of hydrogen-bond donors (Lipinski definition) is 1. The lowest BCUT2D eigenvalue weighted by molar-refractivity contribution is 0.0128. The van der Waals surface area contributed by atoms with Crippen molar-refractivity contribution in [2.24, 2.45) is 5.92 Å². The second-order valence-corrected chi connectivity index (χ2v) is 7.52. The lowest BCUT2D eigenvalue weighted by Gasteiger charge is -2.51. The van der Waals surface area contributed by atoms with Crippen LogP contribution in [0.1, 0.15) is 77.0 Å². The summed E-state index contributed by atoms with van der Waals surface area (Å²) in [5, 5.41) is 3.81. The number of nitrogens with one attached hydrogen (secondary N) is 1. The molecule has 2 aliphatic carbocycles. The van der Waals surface area contributed by atoms with Crippen molar-refractivity contribution in [1.29, 1.82) is 0 Å². The molecule has 1 saturated heterocycles. The summed E-state index contributed by atoms with van der Waals surface area (Å²) in [5.41, 5.74) is 0.511. The van der Waals surface area contributed by atoms with E-state index >= 15 is 0 Å². The predicted molar refractivity (Wildman–Crippen MR) is 86.0 cm³/mol. The molecule has 0 amide bonds. The van der Waals surface area contributed by atoms with Gasteiger partial charge in [-0.2, -0.15) is 0 Å². The summed E-state index contributed by atoms with van der Waals surface area (Å²) in [4.78, 5) is 2.92. The molecule has 1 heterocycles. The number of hydrogen-bond acceptors (Lipinski definition) is 2. The van der Waals surface area contributed by atoms with Gasteiger partial charge >= 0.3 is 0 Å². The van der Waals surface area contributed by atoms with E-state index in [4.69, 9.17) is 0 Å². The van der Waals surface area contributed by atoms with Gasteiger partial charge in [0.25, 0.3) is 0 Å². The predicted octanol–water partition coefficient (Wildman–Crippen LogP) is 3.95. The van der Waals surface area contributed by atoms with Gasteiger partial charge in [0.15, 0.2) is 0 Å². The van der Waals surface area contributed by atoms with Crippen LogP contribution in [0.15, 0.2) is 0 Å². The van der Waals surface area contributed by atoms with E-state index in [2.05, 4.69) is 17.3 Å². The molecule has 2 heteroatoms. The molecule has 1 atom stereocenters. The molecule has 0 aromatic rings. The van der Waals surface area contributed by atoms with E-state index in [1.54, 1.807) is 0 Å². The zero-order valence-electron chi connectivity index (χ0n) is 13.5. The van der Waals surface area contributed by atoms with Crippen LogP contribution in [0.4, 0.5) is 0 Å². The van der Waals surface area contributed by atoms with Crippen molar-refractivity contribution in [3.63, 3.8) is 0 Å². The molecule has 0 aromatic heterocycles. The molecular formula is C18H34N2. The van der Waals surface area contributed by atoms with Crippen molar-refractivity contribution < 1.29 is 0 Å². The quantitative estimate of drug-likeness (QED) is 0.837. The third kappa shape index (κ3) is 2.78. The van der Waals surface area contributed by atoms with Crippen LogP contribution in [-0.4, -0.2) is 36.6 Å². The number of nitrogens with zero attached hydrogens (tertiary/aromatic N) is 1. The zero-order valence-corrected chi connectivity index (χ0v) is 13.5. The summed E-state index contributed by atoms with van der Waals surface area (Å²) in [6.07, 6.45) is 17.5. The molecule has 1 unspecified atom stereocenters. The zero-order chi connectivity index (χ0) is 13.8. The summed E-state index contributed by atoms with van der Waals surface area (Å²) in [5.74, 6) is 0.939. The van der Waals surface area contributed by atoms with Gasteiger partial charge in [-0.25, -0.2) is 0 Å². The highest BCUT2D eigenvalue weighted by Crippen LogP contribution is 2.44. The van der Waals surface area contributed by atoms with E-state index in [1.807, 2.05) is 0 Å². The summed E-state index contributed by atoms with van der Waals surface area (Å²) in [6.45, 7) is 2.73. The van der Waals surface area contributed by atoms with Crippen LogP contribution in [0, 0.1) is 5.92 Å². The van der Waals surface area contributed by atoms with E-state index < -0.39 is 0 Å². The minimum absolute atomic E-state index is 0.511. The molecular weight excluding hydrogens is 244 g/mol. The highest BCUT2D eigenvalue weighted by atomic mass is 15.2. The maximum atomic E-state index is 3.81. The molecule has 20 heavy (non-hydrogen) atoms. The first-order valence-electron chi connectivity index (χ1n) is 9.29. The van der Waals surface area contributed by atoms with Gasteiger partial charge in [0.2, 0.25) is 0 Å². The van der Waals surface area contributed by atoms with Crippen LogP contribution < -0.4 is 5.32 Å². The monoisotopic (exact) mass is 278 g/mol. The highest BCUT2D eigenvalue weighted by molar-refractivity contribution is 5.06. The first-order valence-corrected chi connectivity index (χ1v) is 9.29. The van der Waals surface area contributed by atoms with Crippen LogP contribution in [0.5, 0.6) is 0 Å². The molecule has 0 bridgehead atoms. The number of rotatable bonds is 4. The van der Waals surface area contributed by atoms with E-state index in [0.29, 0.717) is 5.54 Å². The molecule has 116 valence electrons. The first-order chi connectivity index (χ1) is 9.87. The fourth-order valence-electron chi connectivity index (χ4n) is 5.56. The van der Waals surface area contributed by atoms with Gasteiger partial charge in [0, 0.05) is 11.6 Å². The molecule has 0 radical (unpaired) electrons. The van der Waals surface area contributed by atoms with Crippen LogP contribution in [-0.2, 0) is 0 Å². The van der Waals surface area contributed by atoms with Gasteiger partial charge < -0.3 is 5.32 Å². The fourth-order valence-corrected chi connectivity index (χ4v) is 5.56. The topological polar surface area (TPSA) is 15.3 Å². The molecule has 0 spiro atoms. The average molecular weight is 278 g/mol. The van der Waals surface area contributed by atoms with Crippen molar-refractivity contribution in [1.82, 2.24) is 10.2 Å². The van der Waals surface area contributed by atoms with Crippen molar-refractivity contribution in [2.75, 3.05) is 20.1 Å². The van der Waals surface area contributed by atoms with Gasteiger partial charge in [-0.05, 0) is 64.6 Å². The van der Waals surface area contributed by atoms with Crippen molar-refractivity contribution in [3.05, 3.63) is 0 Å². The summed E-state index contributed by atoms with van der Waals surface area (Å²) >= 11 is 0. The summed E-state index contributed by atoms with van der Waals surface area (Å²) in [7, 11) is 2.24. The Morgan fingerprint density at radius 1 is 0.850 bits per heavy atom. The Kier molecular flexibility index (Phi) is 5.04. The number of likely N-dealkylation sites (tertiary alicyclic amines) is 1. The minimum Gasteiger partial charge on any atom is -0.315 e. The smallest absolute Gasteiger partial charge is 0.0365 e. The summed E-state index contributed by atoms with van der Waals surface area (Å²) < 4.78 is 0. The van der Waals surface area contributed by atoms with Crippen LogP contribution in [0.2, 0.25) is 0 Å². The lowest BCUT2D eigenvalue weighted by atomic mass is 9.72. The van der Waals surface area contributed by atoms with Gasteiger partial charge in [-0.3, -0.25) is 4.90 Å². The van der Waals surface area contributed by atoms with Gasteiger partial charge in [-0.1, -0.05) is 38.5 Å². The molecule has 3 aliphatic rings. The van der Waals surface area contributed by atoms with Gasteiger partial charge in [-0.15, -0.1) is 0 Å². The molecule has 1 N–H and O–H groups in total. The lowest BCUT2D eigenvalue weighted by Crippen LogP contribution is -2.63. The standard InChI is InChI=1S/C18H34N2/c1-19-17(16-10-4-2-5-11-16)18(12-6-7-13-18)20-14-8-3-9-15-20/h16-17,19H,2-15H2,1H3. The third-order valence-corrected chi connectivity index (χ3v) is 6.47. The molecule has 0 aromatic carbocycles. The minimum atomic E-state index is 0.511. The van der Waals surface area contributed by atoms with Gasteiger partial charge in [0.1, 0.15) is 0 Å². The maximum absolute atomic E-state index is 3.81. The second kappa shape index (κ2) is 6.79. The van der Waals surface area contributed by atoms with E-state index in [1.165, 1.54) is 90.1 Å². The number of piperidine rings is 1. The Balaban J connectivity index is 1.79. The van der Waals surface area contributed by atoms with E-state index in [-0.39, 0.29) is 0 Å². The molecule has 3 fully saturated rings. The van der Waals surface area contributed by atoms with Crippen LogP contribution >= 0.6 is 0 Å². The molecule has 1 aliphatic heterocycles. The maximum Gasteiger partial charge on any atom is 0.0365 e. The summed E-state index contributed by atoms with van der Waals surface area (Å²) in [6, 6.07) is 0.753. The largest absolute Gasteiger partial charge is 0.315 e. The molecule has 2 nitrogen and oxygen atoms in total. The van der Waals surface area contributed by atoms with E-state index in [0.717, 1.165) is 12.0 Å². The van der Waals surface area contributed by atoms with Crippen molar-refractivity contribution in [3.8, 4) is 0 Å². The fraction of sp³-hybridized carbons (Fsp3) is 1.00. The van der Waals surface area contributed by atoms with E-state index in [9.17, 15) is 0 Å². The van der Waals surface area contributed by atoms with Crippen molar-refractivity contribution >= 4 is 0 Å². The average Bonchev–Trinajstić information content (AvgIpc) is 3.01. The Morgan fingerprint density at radius 2 is 1.45 bits per heavy atom. The van der Waals surface area contributed by atoms with Crippen LogP contribution in [0.3, 0.4) is 0 Å². The second-order valence-electron chi connectivity index (χ2n) is 7.52. The normalized spacial score (nSPS) is 30.4. The number of likely N-dealkylation sites (N-methyl/N-ethyl adjacent to an activating group) is 1. The van der Waals surface area contributed by atoms with Crippen molar-refractivity contribution in [2.45, 2.75) is 88.6 Å². The highest BCUT2D eigenvalue weighted by Gasteiger charge is 2.48. The Labute approximate surface area is 125 Å². The SMILES string of the molecule is CNC(C1CCCCC1)C1(N2CCCCC2)CCCC1. The third-order valence-electron chi connectivity index (χ3n) is 6.47. The Bertz CT molecular complexity index is 284.